The van der Waals surface area contributed by atoms with Gasteiger partial charge in [-0.2, -0.15) is 0 Å². The minimum atomic E-state index is -2.80. The molecule has 0 radical (unpaired) electrons. The second-order valence-corrected chi connectivity index (χ2v) is 4.14. The molecule has 0 heterocycles. The topological polar surface area (TPSA) is 46.5 Å². The summed E-state index contributed by atoms with van der Waals surface area (Å²) in [4.78, 5) is 8.80. The van der Waals surface area contributed by atoms with Crippen molar-refractivity contribution in [2.24, 2.45) is 0 Å². The normalized spacial score (nSPS) is 14.5. The molecule has 1 atom stereocenters. The Bertz CT molecular complexity index is 153. The molecule has 80 valence electrons. The van der Waals surface area contributed by atoms with E-state index in [0.29, 0.717) is 0 Å². The van der Waals surface area contributed by atoms with Crippen LogP contribution in [0.25, 0.3) is 0 Å². The maximum atomic E-state index is 10.7. The first kappa shape index (κ1) is 13.2. The van der Waals surface area contributed by atoms with Crippen LogP contribution in [-0.4, -0.2) is 10.5 Å². The van der Waals surface area contributed by atoms with E-state index < -0.39 is 8.25 Å². The third-order valence-corrected chi connectivity index (χ3v) is 2.97. The predicted molar refractivity (Wildman–Crippen MR) is 55.1 cm³/mol. The first-order valence-corrected chi connectivity index (χ1v) is 6.28. The lowest BCUT2D eigenvalue weighted by atomic mass is 9.90. The summed E-state index contributed by atoms with van der Waals surface area (Å²) >= 11 is 0. The van der Waals surface area contributed by atoms with E-state index in [-0.39, 0.29) is 5.60 Å². The lowest BCUT2D eigenvalue weighted by Gasteiger charge is -2.30. The van der Waals surface area contributed by atoms with Gasteiger partial charge in [-0.25, -0.2) is 0 Å². The number of hydrogen-bond donors (Lipinski definition) is 1. The lowest BCUT2D eigenvalue weighted by molar-refractivity contribution is 0.0416. The number of rotatable bonds is 7. The van der Waals surface area contributed by atoms with Crippen LogP contribution in [0.15, 0.2) is 0 Å². The molecule has 0 spiro atoms. The quantitative estimate of drug-likeness (QED) is 0.654. The average Bonchev–Trinajstić information content (AvgIpc) is 2.04. The molecule has 0 aliphatic rings. The van der Waals surface area contributed by atoms with Crippen LogP contribution in [0.2, 0.25) is 0 Å². The summed E-state index contributed by atoms with van der Waals surface area (Å²) in [5.74, 6) is 0. The zero-order valence-electron chi connectivity index (χ0n) is 8.80. The second kappa shape index (κ2) is 6.58. The molecule has 3 nitrogen and oxygen atoms in total. The molecule has 0 saturated carbocycles. The molecule has 0 aromatic rings. The highest BCUT2D eigenvalue weighted by atomic mass is 31.1. The van der Waals surface area contributed by atoms with Crippen molar-refractivity contribution in [1.29, 1.82) is 0 Å². The van der Waals surface area contributed by atoms with Gasteiger partial charge in [-0.1, -0.05) is 33.6 Å². The monoisotopic (exact) mass is 208 g/mol. The van der Waals surface area contributed by atoms with Gasteiger partial charge in [-0.3, -0.25) is 4.57 Å². The Morgan fingerprint density at radius 1 is 1.23 bits per heavy atom. The van der Waals surface area contributed by atoms with Crippen LogP contribution in [0.4, 0.5) is 0 Å². The van der Waals surface area contributed by atoms with Crippen molar-refractivity contribution >= 4 is 8.25 Å². The van der Waals surface area contributed by atoms with E-state index >= 15 is 0 Å². The van der Waals surface area contributed by atoms with Crippen LogP contribution in [0.3, 0.4) is 0 Å². The smallest absolute Gasteiger partial charge is 0.317 e. The van der Waals surface area contributed by atoms with Crippen molar-refractivity contribution < 1.29 is 14.0 Å². The van der Waals surface area contributed by atoms with Gasteiger partial charge in [0, 0.05) is 0 Å². The minimum absolute atomic E-state index is 0.353. The summed E-state index contributed by atoms with van der Waals surface area (Å²) in [6, 6.07) is 0. The zero-order chi connectivity index (χ0) is 10.3. The van der Waals surface area contributed by atoms with E-state index in [1.54, 1.807) is 0 Å². The lowest BCUT2D eigenvalue weighted by Crippen LogP contribution is -2.29. The Labute approximate surface area is 81.4 Å². The van der Waals surface area contributed by atoms with Crippen LogP contribution in [0.5, 0.6) is 0 Å². The summed E-state index contributed by atoms with van der Waals surface area (Å²) in [6.07, 6.45) is 4.53. The van der Waals surface area contributed by atoms with Gasteiger partial charge < -0.3 is 9.42 Å². The summed E-state index contributed by atoms with van der Waals surface area (Å²) in [7, 11) is -2.80. The first-order chi connectivity index (χ1) is 6.10. The van der Waals surface area contributed by atoms with Crippen molar-refractivity contribution in [1.82, 2.24) is 0 Å². The zero-order valence-corrected chi connectivity index (χ0v) is 9.80. The van der Waals surface area contributed by atoms with E-state index in [1.807, 2.05) is 6.92 Å². The van der Waals surface area contributed by atoms with Gasteiger partial charge in [-0.15, -0.1) is 0 Å². The molecule has 0 saturated heterocycles. The Morgan fingerprint density at radius 2 is 1.69 bits per heavy atom. The summed E-state index contributed by atoms with van der Waals surface area (Å²) in [5, 5.41) is 0. The van der Waals surface area contributed by atoms with Crippen molar-refractivity contribution in [3.8, 4) is 0 Å². The van der Waals surface area contributed by atoms with E-state index in [1.165, 1.54) is 0 Å². The molecular weight excluding hydrogens is 187 g/mol. The molecule has 0 aliphatic heterocycles. The van der Waals surface area contributed by atoms with Gasteiger partial charge in [0.25, 0.3) is 0 Å². The molecule has 0 amide bonds. The number of hydrogen-bond acceptors (Lipinski definition) is 2. The van der Waals surface area contributed by atoms with Gasteiger partial charge in [-0.05, 0) is 19.3 Å². The molecule has 4 heteroatoms. The Hall–Kier alpha value is 0.150. The first-order valence-electron chi connectivity index (χ1n) is 5.02. The summed E-state index contributed by atoms with van der Waals surface area (Å²) in [5.41, 5.74) is -0.353. The molecule has 13 heavy (non-hydrogen) atoms. The average molecular weight is 208 g/mol. The van der Waals surface area contributed by atoms with Gasteiger partial charge in [0.2, 0.25) is 0 Å². The third kappa shape index (κ3) is 4.80. The molecule has 0 fully saturated rings. The molecule has 0 aromatic carbocycles. The highest BCUT2D eigenvalue weighted by Crippen LogP contribution is 2.36. The second-order valence-electron chi connectivity index (χ2n) is 3.40. The maximum absolute atomic E-state index is 10.7. The SMILES string of the molecule is CCCC(CC)(CCC)O[PH](=O)O. The molecule has 1 N–H and O–H groups in total. The standard InChI is InChI=1S/C9H21O3P/c1-4-7-9(6-3,8-5-2)12-13(10)11/h13H,4-8H2,1-3H3,(H,10,11). The van der Waals surface area contributed by atoms with Gasteiger partial charge in [0.1, 0.15) is 0 Å². The molecular formula is C9H21O3P. The van der Waals surface area contributed by atoms with Crippen LogP contribution in [0, 0.1) is 0 Å². The fourth-order valence-electron chi connectivity index (χ4n) is 1.75. The molecule has 1 unspecified atom stereocenters. The minimum Gasteiger partial charge on any atom is -0.326 e. The molecule has 0 bridgehead atoms. The van der Waals surface area contributed by atoms with Crippen molar-refractivity contribution in [3.05, 3.63) is 0 Å². The Balaban J connectivity index is 4.33. The van der Waals surface area contributed by atoms with E-state index in [4.69, 9.17) is 9.42 Å². The largest absolute Gasteiger partial charge is 0.326 e. The van der Waals surface area contributed by atoms with Crippen molar-refractivity contribution in [3.63, 3.8) is 0 Å². The van der Waals surface area contributed by atoms with Gasteiger partial charge in [0.05, 0.1) is 5.60 Å². The molecule has 0 rings (SSSR count). The van der Waals surface area contributed by atoms with Crippen LogP contribution < -0.4 is 0 Å². The van der Waals surface area contributed by atoms with E-state index in [9.17, 15) is 4.57 Å². The van der Waals surface area contributed by atoms with Gasteiger partial charge >= 0.3 is 8.25 Å². The van der Waals surface area contributed by atoms with E-state index in [2.05, 4.69) is 13.8 Å². The van der Waals surface area contributed by atoms with Gasteiger partial charge in [0.15, 0.2) is 0 Å². The summed E-state index contributed by atoms with van der Waals surface area (Å²) < 4.78 is 15.9. The van der Waals surface area contributed by atoms with E-state index in [0.717, 1.165) is 32.1 Å². The third-order valence-electron chi connectivity index (χ3n) is 2.36. The fraction of sp³-hybridized carbons (Fsp3) is 1.00. The molecule has 0 aliphatic carbocycles. The molecule has 0 aromatic heterocycles. The van der Waals surface area contributed by atoms with Crippen LogP contribution in [0.1, 0.15) is 52.9 Å². The van der Waals surface area contributed by atoms with Crippen molar-refractivity contribution in [2.75, 3.05) is 0 Å². The Kier molecular flexibility index (Phi) is 6.66. The van der Waals surface area contributed by atoms with Crippen LogP contribution in [-0.2, 0) is 9.09 Å². The fourth-order valence-corrected chi connectivity index (χ4v) is 2.47. The highest BCUT2D eigenvalue weighted by Gasteiger charge is 2.28. The highest BCUT2D eigenvalue weighted by molar-refractivity contribution is 7.32. The summed E-state index contributed by atoms with van der Waals surface area (Å²) in [6.45, 7) is 6.15. The van der Waals surface area contributed by atoms with Crippen LogP contribution >= 0.6 is 8.25 Å². The Morgan fingerprint density at radius 3 is 1.92 bits per heavy atom. The maximum Gasteiger partial charge on any atom is 0.317 e. The van der Waals surface area contributed by atoms with Crippen molar-refractivity contribution in [2.45, 2.75) is 58.5 Å². The predicted octanol–water partition coefficient (Wildman–Crippen LogP) is 3.13.